The van der Waals surface area contributed by atoms with Gasteiger partial charge >= 0.3 is 0 Å². The molecule has 0 aliphatic rings. The Morgan fingerprint density at radius 1 is 1.35 bits per heavy atom. The minimum absolute atomic E-state index is 0.461. The molecule has 1 N–H and O–H groups in total. The summed E-state index contributed by atoms with van der Waals surface area (Å²) in [5.41, 5.74) is 1.74. The topological polar surface area (TPSA) is 20.2 Å². The van der Waals surface area contributed by atoms with Crippen molar-refractivity contribution in [3.8, 4) is 0 Å². The molecule has 1 heterocycles. The third kappa shape index (κ3) is 3.24. The second-order valence-electron chi connectivity index (χ2n) is 3.62. The Bertz CT molecular complexity index is 527. The van der Waals surface area contributed by atoms with Crippen LogP contribution in [0.25, 0.3) is 0 Å². The van der Waals surface area contributed by atoms with E-state index < -0.39 is 6.10 Å². The standard InChI is InChI=1S/C12H9BrCl2OS/c13-11-5-8(6-17-11)10(16)4-7-2-1-3-9(14)12(7)15/h1-3,5-6,10,16H,4H2. The normalized spacial score (nSPS) is 12.7. The lowest BCUT2D eigenvalue weighted by Crippen LogP contribution is -2.01. The fraction of sp³-hybridized carbons (Fsp3) is 0.167. The van der Waals surface area contributed by atoms with E-state index in [0.717, 1.165) is 14.9 Å². The summed E-state index contributed by atoms with van der Waals surface area (Å²) in [6.45, 7) is 0. The van der Waals surface area contributed by atoms with Crippen LogP contribution in [0.3, 0.4) is 0 Å². The van der Waals surface area contributed by atoms with Crippen molar-refractivity contribution in [2.24, 2.45) is 0 Å². The van der Waals surface area contributed by atoms with Crippen molar-refractivity contribution in [3.63, 3.8) is 0 Å². The number of rotatable bonds is 3. The number of hydrogen-bond acceptors (Lipinski definition) is 2. The lowest BCUT2D eigenvalue weighted by atomic mass is 10.0. The molecule has 2 aromatic rings. The van der Waals surface area contributed by atoms with E-state index >= 15 is 0 Å². The molecule has 0 amide bonds. The van der Waals surface area contributed by atoms with E-state index in [1.165, 1.54) is 0 Å². The summed E-state index contributed by atoms with van der Waals surface area (Å²) in [7, 11) is 0. The molecule has 1 aromatic carbocycles. The molecule has 2 rings (SSSR count). The molecule has 1 nitrogen and oxygen atoms in total. The fourth-order valence-electron chi connectivity index (χ4n) is 1.53. The predicted molar refractivity (Wildman–Crippen MR) is 77.1 cm³/mol. The number of aliphatic hydroxyl groups excluding tert-OH is 1. The lowest BCUT2D eigenvalue weighted by Gasteiger charge is -2.11. The van der Waals surface area contributed by atoms with Crippen molar-refractivity contribution in [2.45, 2.75) is 12.5 Å². The summed E-state index contributed by atoms with van der Waals surface area (Å²) in [6.07, 6.45) is -0.101. The van der Waals surface area contributed by atoms with Gasteiger partial charge in [0.2, 0.25) is 0 Å². The van der Waals surface area contributed by atoms with Gasteiger partial charge in [-0.05, 0) is 44.6 Å². The smallest absolute Gasteiger partial charge is 0.0839 e. The van der Waals surface area contributed by atoms with Crippen LogP contribution in [-0.4, -0.2) is 5.11 Å². The molecule has 0 aliphatic carbocycles. The summed E-state index contributed by atoms with van der Waals surface area (Å²) in [6, 6.07) is 7.35. The first-order valence-corrected chi connectivity index (χ1v) is 7.35. The molecule has 90 valence electrons. The van der Waals surface area contributed by atoms with Gasteiger partial charge in [0.1, 0.15) is 0 Å². The number of hydrogen-bond donors (Lipinski definition) is 1. The third-order valence-electron chi connectivity index (χ3n) is 2.42. The van der Waals surface area contributed by atoms with Crippen molar-refractivity contribution >= 4 is 50.5 Å². The van der Waals surface area contributed by atoms with Crippen LogP contribution in [-0.2, 0) is 6.42 Å². The summed E-state index contributed by atoms with van der Waals surface area (Å²) in [4.78, 5) is 0. The van der Waals surface area contributed by atoms with Crippen LogP contribution in [0, 0.1) is 0 Å². The Balaban J connectivity index is 2.18. The van der Waals surface area contributed by atoms with Crippen LogP contribution in [0.4, 0.5) is 0 Å². The van der Waals surface area contributed by atoms with Crippen molar-refractivity contribution in [1.82, 2.24) is 0 Å². The van der Waals surface area contributed by atoms with Gasteiger partial charge in [-0.3, -0.25) is 0 Å². The van der Waals surface area contributed by atoms with Gasteiger partial charge in [0.15, 0.2) is 0 Å². The highest BCUT2D eigenvalue weighted by molar-refractivity contribution is 9.11. The Labute approximate surface area is 122 Å². The highest BCUT2D eigenvalue weighted by Crippen LogP contribution is 2.31. The summed E-state index contributed by atoms with van der Waals surface area (Å²) in [5, 5.41) is 13.0. The van der Waals surface area contributed by atoms with E-state index in [9.17, 15) is 5.11 Å². The highest BCUT2D eigenvalue weighted by Gasteiger charge is 2.13. The van der Waals surface area contributed by atoms with E-state index in [1.54, 1.807) is 17.4 Å². The van der Waals surface area contributed by atoms with Crippen LogP contribution in [0.2, 0.25) is 10.0 Å². The zero-order chi connectivity index (χ0) is 12.4. The van der Waals surface area contributed by atoms with Gasteiger partial charge in [0.25, 0.3) is 0 Å². The molecule has 0 bridgehead atoms. The predicted octanol–water partition coefficient (Wildman–Crippen LogP) is 5.09. The van der Waals surface area contributed by atoms with Crippen molar-refractivity contribution in [2.75, 3.05) is 0 Å². The number of thiophene rings is 1. The largest absolute Gasteiger partial charge is 0.388 e. The van der Waals surface area contributed by atoms with Crippen LogP contribution in [0.1, 0.15) is 17.2 Å². The van der Waals surface area contributed by atoms with Gasteiger partial charge in [-0.2, -0.15) is 0 Å². The van der Waals surface area contributed by atoms with Gasteiger partial charge in [0, 0.05) is 6.42 Å². The maximum atomic E-state index is 10.1. The number of aliphatic hydroxyl groups is 1. The van der Waals surface area contributed by atoms with Crippen molar-refractivity contribution in [3.05, 3.63) is 54.6 Å². The SMILES string of the molecule is OC(Cc1cccc(Cl)c1Cl)c1csc(Br)c1. The molecule has 0 fully saturated rings. The first-order chi connectivity index (χ1) is 8.08. The van der Waals surface area contributed by atoms with E-state index in [1.807, 2.05) is 23.6 Å². The van der Waals surface area contributed by atoms with E-state index in [0.29, 0.717) is 16.5 Å². The molecule has 0 radical (unpaired) electrons. The van der Waals surface area contributed by atoms with Crippen molar-refractivity contribution < 1.29 is 5.11 Å². The summed E-state index contributed by atoms with van der Waals surface area (Å²) in [5.74, 6) is 0. The molecular weight excluding hydrogens is 343 g/mol. The fourth-order valence-corrected chi connectivity index (χ4v) is 3.15. The van der Waals surface area contributed by atoms with Crippen molar-refractivity contribution in [1.29, 1.82) is 0 Å². The second kappa shape index (κ2) is 5.72. The molecular formula is C12H9BrCl2OS. The van der Waals surface area contributed by atoms with Crippen LogP contribution in [0.5, 0.6) is 0 Å². The molecule has 0 aliphatic heterocycles. The molecule has 1 atom stereocenters. The summed E-state index contributed by atoms with van der Waals surface area (Å²) < 4.78 is 1.00. The Morgan fingerprint density at radius 2 is 2.12 bits per heavy atom. The summed E-state index contributed by atoms with van der Waals surface area (Å²) >= 11 is 16.9. The number of benzene rings is 1. The first-order valence-electron chi connectivity index (χ1n) is 4.93. The van der Waals surface area contributed by atoms with Gasteiger partial charge in [-0.1, -0.05) is 35.3 Å². The maximum Gasteiger partial charge on any atom is 0.0839 e. The molecule has 17 heavy (non-hydrogen) atoms. The average Bonchev–Trinajstić information content (AvgIpc) is 2.72. The van der Waals surface area contributed by atoms with Gasteiger partial charge < -0.3 is 5.11 Å². The monoisotopic (exact) mass is 350 g/mol. The first kappa shape index (κ1) is 13.4. The molecule has 1 unspecified atom stereocenters. The molecule has 0 saturated carbocycles. The average molecular weight is 352 g/mol. The lowest BCUT2D eigenvalue weighted by molar-refractivity contribution is 0.179. The quantitative estimate of drug-likeness (QED) is 0.816. The highest BCUT2D eigenvalue weighted by atomic mass is 79.9. The van der Waals surface area contributed by atoms with Gasteiger partial charge in [-0.25, -0.2) is 0 Å². The Hall–Kier alpha value is -0.0600. The third-order valence-corrected chi connectivity index (χ3v) is 4.80. The van der Waals surface area contributed by atoms with Crippen LogP contribution < -0.4 is 0 Å². The molecule has 1 aromatic heterocycles. The molecule has 0 spiro atoms. The van der Waals surface area contributed by atoms with E-state index in [2.05, 4.69) is 15.9 Å². The maximum absolute atomic E-state index is 10.1. The van der Waals surface area contributed by atoms with Gasteiger partial charge in [0.05, 0.1) is 19.9 Å². The zero-order valence-corrected chi connectivity index (χ0v) is 12.6. The van der Waals surface area contributed by atoms with Crippen LogP contribution >= 0.6 is 50.5 Å². The molecule has 5 heteroatoms. The van der Waals surface area contributed by atoms with E-state index in [-0.39, 0.29) is 0 Å². The zero-order valence-electron chi connectivity index (χ0n) is 8.66. The Morgan fingerprint density at radius 3 is 2.76 bits per heavy atom. The minimum atomic E-state index is -0.562. The molecule has 0 saturated heterocycles. The van der Waals surface area contributed by atoms with E-state index in [4.69, 9.17) is 23.2 Å². The Kier molecular flexibility index (Phi) is 4.50. The number of halogens is 3. The van der Waals surface area contributed by atoms with Gasteiger partial charge in [-0.15, -0.1) is 11.3 Å². The minimum Gasteiger partial charge on any atom is -0.388 e. The van der Waals surface area contributed by atoms with Crippen LogP contribution in [0.15, 0.2) is 33.4 Å². The second-order valence-corrected chi connectivity index (χ2v) is 6.69.